The highest BCUT2D eigenvalue weighted by molar-refractivity contribution is 5.86. The second-order valence-electron chi connectivity index (χ2n) is 11.1. The number of amidine groups is 1. The van der Waals surface area contributed by atoms with Gasteiger partial charge in [0.05, 0.1) is 30.5 Å². The molecular formula is C30H39FN4O3. The molecule has 2 aliphatic heterocycles. The summed E-state index contributed by atoms with van der Waals surface area (Å²) in [6, 6.07) is 4.21. The summed E-state index contributed by atoms with van der Waals surface area (Å²) in [5.74, 6) is 0.408. The molecule has 2 heterocycles. The van der Waals surface area contributed by atoms with Gasteiger partial charge in [0.15, 0.2) is 11.6 Å². The van der Waals surface area contributed by atoms with Crippen molar-refractivity contribution in [3.8, 4) is 5.75 Å². The minimum atomic E-state index is -0.568. The van der Waals surface area contributed by atoms with E-state index in [9.17, 15) is 4.79 Å². The predicted octanol–water partition coefficient (Wildman–Crippen LogP) is 5.15. The summed E-state index contributed by atoms with van der Waals surface area (Å²) in [6.45, 7) is 7.04. The Hall–Kier alpha value is -3.25. The molecule has 7 nitrogen and oxygen atoms in total. The van der Waals surface area contributed by atoms with E-state index in [-0.39, 0.29) is 17.7 Å². The molecule has 204 valence electrons. The van der Waals surface area contributed by atoms with Crippen LogP contribution < -0.4 is 20.3 Å². The number of halogens is 1. The van der Waals surface area contributed by atoms with Gasteiger partial charge >= 0.3 is 0 Å². The van der Waals surface area contributed by atoms with Crippen LogP contribution >= 0.6 is 0 Å². The molecule has 0 bridgehead atoms. The number of hydrogen-bond acceptors (Lipinski definition) is 5. The molecule has 1 unspecified atom stereocenters. The van der Waals surface area contributed by atoms with Gasteiger partial charge in [-0.3, -0.25) is 4.79 Å². The molecule has 1 aromatic rings. The van der Waals surface area contributed by atoms with Crippen molar-refractivity contribution in [3.05, 3.63) is 53.4 Å². The molecule has 8 heteroatoms. The highest BCUT2D eigenvalue weighted by Crippen LogP contribution is 2.60. The van der Waals surface area contributed by atoms with Crippen LogP contribution in [0.25, 0.3) is 0 Å². The first-order valence-electron chi connectivity index (χ1n) is 13.8. The Labute approximate surface area is 224 Å². The van der Waals surface area contributed by atoms with Gasteiger partial charge < -0.3 is 25.0 Å². The van der Waals surface area contributed by atoms with Crippen LogP contribution in [0.1, 0.15) is 69.8 Å². The van der Waals surface area contributed by atoms with Crippen LogP contribution in [-0.2, 0) is 9.53 Å². The number of nitrogens with one attached hydrogen (secondary N) is 2. The lowest BCUT2D eigenvalue weighted by molar-refractivity contribution is -0.122. The van der Waals surface area contributed by atoms with Crippen molar-refractivity contribution in [2.24, 2.45) is 16.3 Å². The third kappa shape index (κ3) is 4.94. The molecule has 2 saturated heterocycles. The van der Waals surface area contributed by atoms with E-state index in [4.69, 9.17) is 9.47 Å². The van der Waals surface area contributed by atoms with E-state index in [1.165, 1.54) is 39.2 Å². The Balaban J connectivity index is 1.19. The van der Waals surface area contributed by atoms with Crippen molar-refractivity contribution in [2.45, 2.75) is 70.3 Å². The molecule has 0 aromatic heterocycles. The monoisotopic (exact) mass is 522 g/mol. The number of hydrogen-bond donors (Lipinski definition) is 2. The van der Waals surface area contributed by atoms with Gasteiger partial charge in [-0.2, -0.15) is 0 Å². The van der Waals surface area contributed by atoms with Gasteiger partial charge in [0.25, 0.3) is 6.02 Å². The number of allylic oxidation sites excluding steroid dienone is 3. The Bertz CT molecular complexity index is 1180. The summed E-state index contributed by atoms with van der Waals surface area (Å²) in [7, 11) is 3.20. The maximum absolute atomic E-state index is 15.5. The lowest BCUT2D eigenvalue weighted by atomic mass is 9.51. The normalized spacial score (nSPS) is 23.7. The molecular weight excluding hydrogens is 483 g/mol. The molecule has 2 saturated carbocycles. The second-order valence-corrected chi connectivity index (χ2v) is 11.1. The molecule has 2 aliphatic carbocycles. The van der Waals surface area contributed by atoms with E-state index >= 15 is 4.39 Å². The third-order valence-corrected chi connectivity index (χ3v) is 8.72. The number of aliphatic imine (C=N–C) groups is 1. The molecule has 0 radical (unpaired) electrons. The summed E-state index contributed by atoms with van der Waals surface area (Å²) in [5.41, 5.74) is 4.99. The fourth-order valence-electron chi connectivity index (χ4n) is 6.38. The van der Waals surface area contributed by atoms with Crippen LogP contribution in [0.15, 0.2) is 47.0 Å². The Kier molecular flexibility index (Phi) is 7.53. The zero-order chi connectivity index (χ0) is 26.9. The maximum Gasteiger partial charge on any atom is 0.289 e. The third-order valence-electron chi connectivity index (χ3n) is 8.72. The Morgan fingerprint density at radius 3 is 2.71 bits per heavy atom. The number of piperidine rings is 1. The number of rotatable bonds is 7. The van der Waals surface area contributed by atoms with Crippen molar-refractivity contribution in [2.75, 3.05) is 32.1 Å². The SMILES string of the molecule is C=C=C1CCC(c2ccc(N3CC(NC(=NC)O/C(=C/CC)C4CC5(CCC5)C4)C3)c(OC)c2F)C(=O)N1. The molecule has 38 heavy (non-hydrogen) atoms. The maximum atomic E-state index is 15.5. The number of carbonyl (C=O) groups excluding carboxylic acids is 1. The first-order chi connectivity index (χ1) is 18.4. The fraction of sp³-hybridized carbons (Fsp3) is 0.567. The Morgan fingerprint density at radius 2 is 2.13 bits per heavy atom. The first kappa shape index (κ1) is 26.4. The average Bonchev–Trinajstić information content (AvgIpc) is 2.83. The number of ether oxygens (including phenoxy) is 2. The van der Waals surface area contributed by atoms with Gasteiger partial charge in [-0.1, -0.05) is 26.0 Å². The standard InChI is InChI=1S/C30H39FN4O3/c1-5-8-25(19-15-30(16-19)13-7-14-30)38-29(32-3)34-21-17-35(18-21)24-12-11-22(26(31)27(24)37-4)23-10-9-20(6-2)33-28(23)36/h8,11-12,19,21,23H,2,5,7,9-10,13-18H2,1,3-4H3,(H,32,34)(H,33,36)/b25-8+. The topological polar surface area (TPSA) is 75.2 Å². The molecule has 4 aliphatic rings. The number of anilines is 1. The number of carbonyl (C=O) groups is 1. The van der Waals surface area contributed by atoms with E-state index in [2.05, 4.69) is 45.8 Å². The minimum Gasteiger partial charge on any atom is -0.492 e. The van der Waals surface area contributed by atoms with E-state index in [1.807, 2.05) is 6.07 Å². The van der Waals surface area contributed by atoms with E-state index < -0.39 is 11.7 Å². The van der Waals surface area contributed by atoms with Gasteiger partial charge in [-0.05, 0) is 62.5 Å². The van der Waals surface area contributed by atoms with Crippen molar-refractivity contribution in [1.82, 2.24) is 10.6 Å². The number of methoxy groups -OCH3 is 1. The number of amides is 1. The quantitative estimate of drug-likeness (QED) is 0.224. The van der Waals surface area contributed by atoms with E-state index in [0.29, 0.717) is 60.2 Å². The van der Waals surface area contributed by atoms with Gasteiger partial charge in [0, 0.05) is 31.6 Å². The van der Waals surface area contributed by atoms with Crippen LogP contribution in [-0.4, -0.2) is 45.2 Å². The summed E-state index contributed by atoms with van der Waals surface area (Å²) < 4.78 is 27.3. The zero-order valence-corrected chi connectivity index (χ0v) is 22.7. The number of nitrogens with zero attached hydrogens (tertiary/aromatic N) is 2. The summed E-state index contributed by atoms with van der Waals surface area (Å²) in [4.78, 5) is 19.0. The van der Waals surface area contributed by atoms with Crippen LogP contribution in [0.4, 0.5) is 10.1 Å². The molecule has 5 rings (SSSR count). The fourth-order valence-corrected chi connectivity index (χ4v) is 6.38. The Morgan fingerprint density at radius 1 is 1.37 bits per heavy atom. The van der Waals surface area contributed by atoms with Gasteiger partial charge in [-0.25, -0.2) is 9.38 Å². The lowest BCUT2D eigenvalue weighted by Crippen LogP contribution is -2.60. The summed E-state index contributed by atoms with van der Waals surface area (Å²) >= 11 is 0. The van der Waals surface area contributed by atoms with Crippen LogP contribution in [0, 0.1) is 17.2 Å². The van der Waals surface area contributed by atoms with Gasteiger partial charge in [-0.15, -0.1) is 5.73 Å². The van der Waals surface area contributed by atoms with Crippen LogP contribution in [0.2, 0.25) is 0 Å². The van der Waals surface area contributed by atoms with Gasteiger partial charge in [0.2, 0.25) is 5.91 Å². The van der Waals surface area contributed by atoms with Gasteiger partial charge in [0.1, 0.15) is 5.76 Å². The van der Waals surface area contributed by atoms with E-state index in [0.717, 1.165) is 12.2 Å². The predicted molar refractivity (Wildman–Crippen MR) is 147 cm³/mol. The highest BCUT2D eigenvalue weighted by Gasteiger charge is 2.50. The van der Waals surface area contributed by atoms with Crippen LogP contribution in [0.3, 0.4) is 0 Å². The highest BCUT2D eigenvalue weighted by atomic mass is 19.1. The molecule has 1 spiro atoms. The first-order valence-corrected chi connectivity index (χ1v) is 13.8. The van der Waals surface area contributed by atoms with Crippen molar-refractivity contribution < 1.29 is 18.7 Å². The number of benzene rings is 1. The molecule has 2 N–H and O–H groups in total. The van der Waals surface area contributed by atoms with Crippen molar-refractivity contribution >= 4 is 17.6 Å². The molecule has 1 atom stereocenters. The van der Waals surface area contributed by atoms with Crippen LogP contribution in [0.5, 0.6) is 5.75 Å². The molecule has 1 aromatic carbocycles. The second kappa shape index (κ2) is 10.9. The molecule has 1 amide bonds. The lowest BCUT2D eigenvalue weighted by Gasteiger charge is -2.54. The largest absolute Gasteiger partial charge is 0.492 e. The summed E-state index contributed by atoms with van der Waals surface area (Å²) in [5, 5.41) is 6.18. The average molecular weight is 523 g/mol. The minimum absolute atomic E-state index is 0.122. The smallest absolute Gasteiger partial charge is 0.289 e. The van der Waals surface area contributed by atoms with Crippen molar-refractivity contribution in [3.63, 3.8) is 0 Å². The van der Waals surface area contributed by atoms with Crippen molar-refractivity contribution in [1.29, 1.82) is 0 Å². The van der Waals surface area contributed by atoms with E-state index in [1.54, 1.807) is 13.1 Å². The molecule has 4 fully saturated rings. The zero-order valence-electron chi connectivity index (χ0n) is 22.7. The summed E-state index contributed by atoms with van der Waals surface area (Å²) in [6.07, 6.45) is 10.8.